The third kappa shape index (κ3) is 2.96. The zero-order valence-electron chi connectivity index (χ0n) is 7.49. The van der Waals surface area contributed by atoms with Gasteiger partial charge in [0.05, 0.1) is 6.26 Å². The Balaban J connectivity index is 2.43. The van der Waals surface area contributed by atoms with Crippen molar-refractivity contribution in [2.24, 2.45) is 0 Å². The molecule has 75 valence electrons. The number of sulfonamides is 1. The fourth-order valence-electron chi connectivity index (χ4n) is 1.42. The summed E-state index contributed by atoms with van der Waals surface area (Å²) in [4.78, 5) is 9.98. The molecule has 0 aromatic rings. The van der Waals surface area contributed by atoms with Gasteiger partial charge in [-0.15, -0.1) is 0 Å². The minimum atomic E-state index is -3.06. The van der Waals surface area contributed by atoms with Crippen LogP contribution in [0, 0.1) is 0 Å². The van der Waals surface area contributed by atoms with Gasteiger partial charge in [-0.3, -0.25) is 4.79 Å². The van der Waals surface area contributed by atoms with E-state index in [4.69, 9.17) is 0 Å². The lowest BCUT2D eigenvalue weighted by atomic mass is 10.1. The first kappa shape index (κ1) is 10.5. The largest absolute Gasteiger partial charge is 0.345 e. The Hall–Kier alpha value is -0.620. The number of amides is 1. The molecule has 1 aliphatic heterocycles. The average Bonchev–Trinajstić information content (AvgIpc) is 2.04. The molecular formula is C7H13N2O3S. The van der Waals surface area contributed by atoms with Gasteiger partial charge in [-0.25, -0.2) is 12.7 Å². The van der Waals surface area contributed by atoms with Crippen LogP contribution in [0.25, 0.3) is 0 Å². The van der Waals surface area contributed by atoms with Crippen LogP contribution in [0.5, 0.6) is 0 Å². The molecule has 0 unspecified atom stereocenters. The molecule has 0 aliphatic carbocycles. The Morgan fingerprint density at radius 3 is 2.31 bits per heavy atom. The lowest BCUT2D eigenvalue weighted by molar-refractivity contribution is 0.307. The predicted molar refractivity (Wildman–Crippen MR) is 48.3 cm³/mol. The van der Waals surface area contributed by atoms with E-state index in [2.05, 4.69) is 5.32 Å². The van der Waals surface area contributed by atoms with Gasteiger partial charge in [0.25, 0.3) is 0 Å². The number of hydrogen-bond donors (Lipinski definition) is 1. The van der Waals surface area contributed by atoms with E-state index in [0.717, 1.165) is 0 Å². The van der Waals surface area contributed by atoms with Gasteiger partial charge in [0.1, 0.15) is 0 Å². The first-order chi connectivity index (χ1) is 6.04. The zero-order chi connectivity index (χ0) is 9.90. The lowest BCUT2D eigenvalue weighted by Crippen LogP contribution is -2.44. The molecule has 13 heavy (non-hydrogen) atoms. The molecule has 1 aliphatic rings. The number of carbonyl (C=O) groups excluding carboxylic acids is 1. The van der Waals surface area contributed by atoms with E-state index in [1.54, 1.807) is 6.41 Å². The van der Waals surface area contributed by atoms with Crippen molar-refractivity contribution in [1.29, 1.82) is 0 Å². The molecule has 6 heteroatoms. The van der Waals surface area contributed by atoms with Gasteiger partial charge in [0.15, 0.2) is 0 Å². The molecule has 1 radical (unpaired) electrons. The van der Waals surface area contributed by atoms with Crippen molar-refractivity contribution in [3.8, 4) is 0 Å². The molecule has 0 saturated carbocycles. The van der Waals surface area contributed by atoms with Gasteiger partial charge in [0.2, 0.25) is 10.0 Å². The summed E-state index contributed by atoms with van der Waals surface area (Å²) in [6.07, 6.45) is 4.16. The van der Waals surface area contributed by atoms with Crippen LogP contribution < -0.4 is 5.32 Å². The van der Waals surface area contributed by atoms with Crippen LogP contribution in [0.3, 0.4) is 0 Å². The highest BCUT2D eigenvalue weighted by atomic mass is 32.2. The van der Waals surface area contributed by atoms with E-state index >= 15 is 0 Å². The third-order valence-electron chi connectivity index (χ3n) is 2.19. The topological polar surface area (TPSA) is 66.5 Å². The predicted octanol–water partition coefficient (Wildman–Crippen LogP) is -0.933. The summed E-state index contributed by atoms with van der Waals surface area (Å²) in [5.74, 6) is 0. The first-order valence-electron chi connectivity index (χ1n) is 4.12. The second-order valence-electron chi connectivity index (χ2n) is 3.18. The Morgan fingerprint density at radius 1 is 1.38 bits per heavy atom. The van der Waals surface area contributed by atoms with Crippen LogP contribution in [0.1, 0.15) is 12.8 Å². The van der Waals surface area contributed by atoms with Gasteiger partial charge < -0.3 is 5.32 Å². The number of nitrogens with one attached hydrogen (secondary N) is 1. The molecule has 0 spiro atoms. The highest BCUT2D eigenvalue weighted by Gasteiger charge is 2.24. The molecule has 0 bridgehead atoms. The summed E-state index contributed by atoms with van der Waals surface area (Å²) in [6, 6.07) is 0.0792. The Labute approximate surface area is 78.2 Å². The van der Waals surface area contributed by atoms with Crippen molar-refractivity contribution >= 4 is 16.4 Å². The summed E-state index contributed by atoms with van der Waals surface area (Å²) in [7, 11) is -3.06. The maximum absolute atomic E-state index is 11.1. The van der Waals surface area contributed by atoms with Crippen molar-refractivity contribution in [2.75, 3.05) is 19.3 Å². The first-order valence-corrected chi connectivity index (χ1v) is 5.96. The Morgan fingerprint density at radius 2 is 1.92 bits per heavy atom. The zero-order valence-corrected chi connectivity index (χ0v) is 8.30. The van der Waals surface area contributed by atoms with E-state index in [-0.39, 0.29) is 6.04 Å². The van der Waals surface area contributed by atoms with E-state index in [1.165, 1.54) is 10.6 Å². The van der Waals surface area contributed by atoms with Gasteiger partial charge in [-0.1, -0.05) is 0 Å². The second-order valence-corrected chi connectivity index (χ2v) is 5.17. The fraction of sp³-hybridized carbons (Fsp3) is 0.857. The summed E-state index contributed by atoms with van der Waals surface area (Å²) >= 11 is 0. The standard InChI is InChI=1S/C7H13N2O3S/c1-13(11,12)9-4-2-7(3-5-9)8-6-10/h7H,2-5H2,1H3,(H,8,10). The summed E-state index contributed by atoms with van der Waals surface area (Å²) in [5, 5.41) is 2.53. The highest BCUT2D eigenvalue weighted by molar-refractivity contribution is 7.88. The van der Waals surface area contributed by atoms with Crippen molar-refractivity contribution in [3.05, 3.63) is 0 Å². The molecule has 0 aromatic heterocycles. The average molecular weight is 205 g/mol. The van der Waals surface area contributed by atoms with E-state index < -0.39 is 10.0 Å². The molecule has 1 N–H and O–H groups in total. The maximum atomic E-state index is 11.1. The molecule has 1 rings (SSSR count). The quantitative estimate of drug-likeness (QED) is 0.605. The number of nitrogens with zero attached hydrogens (tertiary/aromatic N) is 1. The van der Waals surface area contributed by atoms with Gasteiger partial charge in [-0.2, -0.15) is 0 Å². The Bertz CT molecular complexity index is 267. The summed E-state index contributed by atoms with van der Waals surface area (Å²) in [6.45, 7) is 0.969. The number of piperidine rings is 1. The third-order valence-corrected chi connectivity index (χ3v) is 3.49. The lowest BCUT2D eigenvalue weighted by Gasteiger charge is -2.29. The Kier molecular flexibility index (Phi) is 3.27. The van der Waals surface area contributed by atoms with Crippen LogP contribution in [0.2, 0.25) is 0 Å². The van der Waals surface area contributed by atoms with Crippen LogP contribution in [0.15, 0.2) is 0 Å². The minimum Gasteiger partial charge on any atom is -0.345 e. The van der Waals surface area contributed by atoms with Crippen molar-refractivity contribution < 1.29 is 13.2 Å². The normalized spacial score (nSPS) is 21.3. The van der Waals surface area contributed by atoms with Crippen LogP contribution >= 0.6 is 0 Å². The smallest absolute Gasteiger partial charge is 0.309 e. The molecule has 5 nitrogen and oxygen atoms in total. The number of rotatable bonds is 3. The maximum Gasteiger partial charge on any atom is 0.309 e. The summed E-state index contributed by atoms with van der Waals surface area (Å²) < 4.78 is 23.6. The number of hydrogen-bond acceptors (Lipinski definition) is 3. The molecule has 1 saturated heterocycles. The minimum absolute atomic E-state index is 0.0792. The molecule has 1 amide bonds. The van der Waals surface area contributed by atoms with E-state index in [9.17, 15) is 13.2 Å². The van der Waals surface area contributed by atoms with Crippen molar-refractivity contribution in [1.82, 2.24) is 9.62 Å². The van der Waals surface area contributed by atoms with Crippen LogP contribution in [0.4, 0.5) is 0 Å². The second kappa shape index (κ2) is 4.06. The molecule has 0 atom stereocenters. The van der Waals surface area contributed by atoms with Crippen LogP contribution in [-0.4, -0.2) is 44.5 Å². The van der Waals surface area contributed by atoms with Crippen molar-refractivity contribution in [2.45, 2.75) is 18.9 Å². The van der Waals surface area contributed by atoms with Gasteiger partial charge >= 0.3 is 6.41 Å². The monoisotopic (exact) mass is 205 g/mol. The summed E-state index contributed by atoms with van der Waals surface area (Å²) in [5.41, 5.74) is 0. The van der Waals surface area contributed by atoms with Crippen molar-refractivity contribution in [3.63, 3.8) is 0 Å². The molecule has 0 aromatic carbocycles. The molecule has 1 heterocycles. The molecule has 1 fully saturated rings. The highest BCUT2D eigenvalue weighted by Crippen LogP contribution is 2.12. The van der Waals surface area contributed by atoms with Gasteiger partial charge in [-0.05, 0) is 12.8 Å². The van der Waals surface area contributed by atoms with Gasteiger partial charge in [0, 0.05) is 19.1 Å². The fourth-order valence-corrected chi connectivity index (χ4v) is 2.29. The van der Waals surface area contributed by atoms with E-state index in [0.29, 0.717) is 25.9 Å². The van der Waals surface area contributed by atoms with Crippen LogP contribution in [-0.2, 0) is 14.8 Å². The molecular weight excluding hydrogens is 192 g/mol. The SMILES string of the molecule is CS(=O)(=O)N1CCC(N[C]=O)CC1. The van der Waals surface area contributed by atoms with E-state index in [1.807, 2.05) is 0 Å².